The molecular formula is C21H20Cl2N4O2. The number of hydrogen-bond acceptors (Lipinski definition) is 3. The molecule has 6 nitrogen and oxygen atoms in total. The standard InChI is InChI=1S/C21H20Cl2N4O2/c1-3-5-19(28)26-20-17(10-14(22)11-18(20)23)21(29)25-15-6-4-7-16(12-15)27-13(2)8-9-24-27/h4,6-12H,3,5H2,1-2H3,(H,25,29)(H,26,28). The summed E-state index contributed by atoms with van der Waals surface area (Å²) in [4.78, 5) is 25.0. The number of anilines is 2. The molecule has 1 aromatic heterocycles. The molecule has 0 saturated carbocycles. The van der Waals surface area contributed by atoms with Crippen molar-refractivity contribution in [3.63, 3.8) is 0 Å². The van der Waals surface area contributed by atoms with E-state index in [0.717, 1.165) is 11.4 Å². The highest BCUT2D eigenvalue weighted by Gasteiger charge is 2.18. The van der Waals surface area contributed by atoms with Gasteiger partial charge in [0.25, 0.3) is 5.91 Å². The minimum atomic E-state index is -0.435. The van der Waals surface area contributed by atoms with E-state index < -0.39 is 5.91 Å². The summed E-state index contributed by atoms with van der Waals surface area (Å²) in [6.45, 7) is 3.84. The Morgan fingerprint density at radius 1 is 1.10 bits per heavy atom. The molecule has 0 spiro atoms. The van der Waals surface area contributed by atoms with Crippen molar-refractivity contribution in [3.05, 3.63) is 70.0 Å². The molecule has 0 aliphatic rings. The van der Waals surface area contributed by atoms with Crippen LogP contribution in [0.1, 0.15) is 35.8 Å². The quantitative estimate of drug-likeness (QED) is 0.543. The molecule has 0 unspecified atom stereocenters. The predicted molar refractivity (Wildman–Crippen MR) is 116 cm³/mol. The topological polar surface area (TPSA) is 76.0 Å². The number of halogens is 2. The van der Waals surface area contributed by atoms with E-state index in [2.05, 4.69) is 15.7 Å². The number of hydrogen-bond donors (Lipinski definition) is 2. The van der Waals surface area contributed by atoms with E-state index in [9.17, 15) is 9.59 Å². The van der Waals surface area contributed by atoms with Gasteiger partial charge in [0, 0.05) is 29.0 Å². The van der Waals surface area contributed by atoms with E-state index in [4.69, 9.17) is 23.2 Å². The number of aryl methyl sites for hydroxylation is 1. The summed E-state index contributed by atoms with van der Waals surface area (Å²) in [7, 11) is 0. The minimum absolute atomic E-state index is 0.188. The summed E-state index contributed by atoms with van der Waals surface area (Å²) in [6, 6.07) is 12.1. The molecule has 150 valence electrons. The van der Waals surface area contributed by atoms with Gasteiger partial charge in [-0.25, -0.2) is 4.68 Å². The lowest BCUT2D eigenvalue weighted by Crippen LogP contribution is -2.18. The van der Waals surface area contributed by atoms with Crippen molar-refractivity contribution in [2.24, 2.45) is 0 Å². The van der Waals surface area contributed by atoms with Gasteiger partial charge in [0.15, 0.2) is 0 Å². The minimum Gasteiger partial charge on any atom is -0.324 e. The molecule has 0 radical (unpaired) electrons. The maximum atomic E-state index is 12.9. The van der Waals surface area contributed by atoms with E-state index in [1.165, 1.54) is 12.1 Å². The Kier molecular flexibility index (Phi) is 6.56. The predicted octanol–water partition coefficient (Wildman–Crippen LogP) is 5.48. The lowest BCUT2D eigenvalue weighted by molar-refractivity contribution is -0.116. The molecule has 3 rings (SSSR count). The molecule has 0 aliphatic heterocycles. The van der Waals surface area contributed by atoms with Crippen LogP contribution >= 0.6 is 23.2 Å². The highest BCUT2D eigenvalue weighted by molar-refractivity contribution is 6.38. The maximum Gasteiger partial charge on any atom is 0.257 e. The van der Waals surface area contributed by atoms with E-state index in [1.54, 1.807) is 23.0 Å². The lowest BCUT2D eigenvalue weighted by Gasteiger charge is -2.14. The van der Waals surface area contributed by atoms with Crippen LogP contribution in [0.15, 0.2) is 48.7 Å². The zero-order valence-electron chi connectivity index (χ0n) is 16.0. The molecule has 0 fully saturated rings. The average molecular weight is 431 g/mol. The third-order valence-corrected chi connectivity index (χ3v) is 4.74. The number of nitrogens with zero attached hydrogens (tertiary/aromatic N) is 2. The summed E-state index contributed by atoms with van der Waals surface area (Å²) in [5, 5.41) is 10.3. The van der Waals surface area contributed by atoms with Crippen molar-refractivity contribution < 1.29 is 9.59 Å². The summed E-state index contributed by atoms with van der Waals surface area (Å²) in [6.07, 6.45) is 2.71. The number of nitrogens with one attached hydrogen (secondary N) is 2. The molecule has 2 N–H and O–H groups in total. The van der Waals surface area contributed by atoms with Crippen LogP contribution in [-0.2, 0) is 4.79 Å². The Morgan fingerprint density at radius 3 is 2.59 bits per heavy atom. The highest BCUT2D eigenvalue weighted by Crippen LogP contribution is 2.31. The van der Waals surface area contributed by atoms with Crippen molar-refractivity contribution >= 4 is 46.4 Å². The molecule has 8 heteroatoms. The monoisotopic (exact) mass is 430 g/mol. The Bertz CT molecular complexity index is 1060. The second kappa shape index (κ2) is 9.11. The van der Waals surface area contributed by atoms with Crippen LogP contribution in [0.5, 0.6) is 0 Å². The van der Waals surface area contributed by atoms with Gasteiger partial charge >= 0.3 is 0 Å². The normalized spacial score (nSPS) is 10.6. The van der Waals surface area contributed by atoms with Gasteiger partial charge in [-0.3, -0.25) is 9.59 Å². The van der Waals surface area contributed by atoms with Gasteiger partial charge in [0.05, 0.1) is 22.0 Å². The average Bonchev–Trinajstić information content (AvgIpc) is 3.10. The molecule has 3 aromatic rings. The molecule has 1 heterocycles. The Hall–Kier alpha value is -2.83. The van der Waals surface area contributed by atoms with Crippen LogP contribution < -0.4 is 10.6 Å². The van der Waals surface area contributed by atoms with Crippen LogP contribution in [0, 0.1) is 6.92 Å². The van der Waals surface area contributed by atoms with E-state index in [-0.39, 0.29) is 22.2 Å². The summed E-state index contributed by atoms with van der Waals surface area (Å²) >= 11 is 12.3. The first-order chi connectivity index (χ1) is 13.9. The van der Waals surface area contributed by atoms with Gasteiger partial charge in [-0.1, -0.05) is 36.2 Å². The van der Waals surface area contributed by atoms with Gasteiger partial charge in [-0.05, 0) is 49.7 Å². The smallest absolute Gasteiger partial charge is 0.257 e. The third-order valence-electron chi connectivity index (χ3n) is 4.22. The molecule has 0 atom stereocenters. The van der Waals surface area contributed by atoms with E-state index in [0.29, 0.717) is 23.6 Å². The second-order valence-corrected chi connectivity index (χ2v) is 7.34. The van der Waals surface area contributed by atoms with Crippen LogP contribution in [0.2, 0.25) is 10.0 Å². The Balaban J connectivity index is 1.89. The lowest BCUT2D eigenvalue weighted by atomic mass is 10.1. The molecule has 0 aliphatic carbocycles. The number of carbonyl (C=O) groups excluding carboxylic acids is 2. The second-order valence-electron chi connectivity index (χ2n) is 6.50. The first-order valence-electron chi connectivity index (χ1n) is 9.10. The summed E-state index contributed by atoms with van der Waals surface area (Å²) in [5.41, 5.74) is 2.78. The first-order valence-corrected chi connectivity index (χ1v) is 9.86. The molecular weight excluding hydrogens is 411 g/mol. The van der Waals surface area contributed by atoms with Crippen molar-refractivity contribution in [1.82, 2.24) is 9.78 Å². The molecule has 29 heavy (non-hydrogen) atoms. The van der Waals surface area contributed by atoms with E-state index >= 15 is 0 Å². The summed E-state index contributed by atoms with van der Waals surface area (Å²) < 4.78 is 1.77. The summed E-state index contributed by atoms with van der Waals surface area (Å²) in [5.74, 6) is -0.655. The van der Waals surface area contributed by atoms with Crippen molar-refractivity contribution in [1.29, 1.82) is 0 Å². The number of carbonyl (C=O) groups is 2. The van der Waals surface area contributed by atoms with Gasteiger partial charge < -0.3 is 10.6 Å². The Morgan fingerprint density at radius 2 is 1.90 bits per heavy atom. The van der Waals surface area contributed by atoms with Crippen molar-refractivity contribution in [2.75, 3.05) is 10.6 Å². The number of benzene rings is 2. The van der Waals surface area contributed by atoms with Crippen LogP contribution in [0.4, 0.5) is 11.4 Å². The zero-order chi connectivity index (χ0) is 21.0. The first kappa shape index (κ1) is 20.9. The zero-order valence-corrected chi connectivity index (χ0v) is 17.5. The number of aromatic nitrogens is 2. The number of amides is 2. The fourth-order valence-electron chi connectivity index (χ4n) is 2.86. The fraction of sp³-hybridized carbons (Fsp3) is 0.190. The van der Waals surface area contributed by atoms with Crippen molar-refractivity contribution in [2.45, 2.75) is 26.7 Å². The van der Waals surface area contributed by atoms with Crippen molar-refractivity contribution in [3.8, 4) is 5.69 Å². The van der Waals surface area contributed by atoms with Gasteiger partial charge in [0.1, 0.15) is 0 Å². The molecule has 2 aromatic carbocycles. The fourth-order valence-corrected chi connectivity index (χ4v) is 3.40. The SMILES string of the molecule is CCCC(=O)Nc1c(Cl)cc(Cl)cc1C(=O)Nc1cccc(-n2nccc2C)c1. The maximum absolute atomic E-state index is 12.9. The molecule has 0 bridgehead atoms. The van der Waals surface area contributed by atoms with Crippen LogP contribution in [0.25, 0.3) is 5.69 Å². The Labute approximate surface area is 178 Å². The van der Waals surface area contributed by atoms with Crippen LogP contribution in [0.3, 0.4) is 0 Å². The molecule has 0 saturated heterocycles. The third kappa shape index (κ3) is 4.96. The van der Waals surface area contributed by atoms with Gasteiger partial charge in [0.2, 0.25) is 5.91 Å². The largest absolute Gasteiger partial charge is 0.324 e. The molecule has 2 amide bonds. The van der Waals surface area contributed by atoms with Gasteiger partial charge in [-0.2, -0.15) is 5.10 Å². The number of rotatable bonds is 6. The van der Waals surface area contributed by atoms with Gasteiger partial charge in [-0.15, -0.1) is 0 Å². The van der Waals surface area contributed by atoms with Crippen LogP contribution in [-0.4, -0.2) is 21.6 Å². The van der Waals surface area contributed by atoms with E-state index in [1.807, 2.05) is 32.0 Å². The highest BCUT2D eigenvalue weighted by atomic mass is 35.5.